The van der Waals surface area contributed by atoms with Crippen molar-refractivity contribution in [3.63, 3.8) is 0 Å². The van der Waals surface area contributed by atoms with E-state index in [0.29, 0.717) is 5.82 Å². The maximum atomic E-state index is 6.08. The van der Waals surface area contributed by atoms with Crippen LogP contribution < -0.4 is 5.73 Å². The molecule has 3 nitrogen and oxygen atoms in total. The van der Waals surface area contributed by atoms with Gasteiger partial charge in [0.05, 0.1) is 5.52 Å². The van der Waals surface area contributed by atoms with Crippen molar-refractivity contribution >= 4 is 27.6 Å². The first-order chi connectivity index (χ1) is 12.5. The highest BCUT2D eigenvalue weighted by molar-refractivity contribution is 6.08. The second-order valence-electron chi connectivity index (χ2n) is 6.66. The molecule has 0 fully saturated rings. The molecular weight excluding hydrogens is 318 g/mol. The van der Waals surface area contributed by atoms with Gasteiger partial charge < -0.3 is 5.73 Å². The van der Waals surface area contributed by atoms with Gasteiger partial charge in [-0.15, -0.1) is 0 Å². The normalized spacial score (nSPS) is 10.7. The number of nitrogens with zero attached hydrogens (tertiary/aromatic N) is 2. The van der Waals surface area contributed by atoms with Crippen LogP contribution in [0.3, 0.4) is 0 Å². The van der Waals surface area contributed by atoms with Crippen molar-refractivity contribution in [3.05, 3.63) is 76.5 Å². The van der Waals surface area contributed by atoms with E-state index in [1.165, 1.54) is 16.7 Å². The molecule has 2 heterocycles. The molecule has 0 aliphatic heterocycles. The summed E-state index contributed by atoms with van der Waals surface area (Å²) in [5, 5.41) is 2.02. The van der Waals surface area contributed by atoms with Gasteiger partial charge in [-0.3, -0.25) is 4.98 Å². The third-order valence-corrected chi connectivity index (χ3v) is 4.57. The van der Waals surface area contributed by atoms with Gasteiger partial charge in [0.25, 0.3) is 0 Å². The summed E-state index contributed by atoms with van der Waals surface area (Å²) in [4.78, 5) is 8.95. The molecule has 0 saturated heterocycles. The van der Waals surface area contributed by atoms with Gasteiger partial charge in [-0.05, 0) is 44.0 Å². The molecule has 126 valence electrons. The molecule has 2 N–H and O–H groups in total. The number of aromatic nitrogens is 2. The van der Waals surface area contributed by atoms with Crippen LogP contribution in [0.25, 0.3) is 21.8 Å². The summed E-state index contributed by atoms with van der Waals surface area (Å²) < 4.78 is 0. The van der Waals surface area contributed by atoms with Crippen molar-refractivity contribution in [2.75, 3.05) is 5.73 Å². The minimum absolute atomic E-state index is 0.448. The first-order valence-corrected chi connectivity index (χ1v) is 8.57. The molecule has 0 aliphatic rings. The Balaban J connectivity index is 1.89. The van der Waals surface area contributed by atoms with E-state index in [9.17, 15) is 0 Å². The first kappa shape index (κ1) is 16.1. The zero-order chi connectivity index (χ0) is 18.3. The molecule has 0 radical (unpaired) electrons. The van der Waals surface area contributed by atoms with Crippen molar-refractivity contribution in [2.45, 2.75) is 20.8 Å². The molecule has 3 heteroatoms. The number of para-hydroxylation sites is 1. The van der Waals surface area contributed by atoms with Gasteiger partial charge in [0.1, 0.15) is 5.52 Å². The number of aryl methyl sites for hydroxylation is 3. The Morgan fingerprint density at radius 3 is 2.38 bits per heavy atom. The number of nitrogens with two attached hydrogens (primary N) is 1. The van der Waals surface area contributed by atoms with Crippen LogP contribution in [0.2, 0.25) is 0 Å². The van der Waals surface area contributed by atoms with E-state index >= 15 is 0 Å². The molecule has 0 bridgehead atoms. The summed E-state index contributed by atoms with van der Waals surface area (Å²) in [6.45, 7) is 6.30. The largest absolute Gasteiger partial charge is 0.382 e. The summed E-state index contributed by atoms with van der Waals surface area (Å²) in [6.07, 6.45) is 1.76. The maximum Gasteiger partial charge on any atom is 0.150 e. The summed E-state index contributed by atoms with van der Waals surface area (Å²) in [7, 11) is 0. The molecule has 0 unspecified atom stereocenters. The number of nitrogen functional groups attached to an aromatic ring is 1. The minimum Gasteiger partial charge on any atom is -0.382 e. The summed E-state index contributed by atoms with van der Waals surface area (Å²) in [6, 6.07) is 14.3. The lowest BCUT2D eigenvalue weighted by Gasteiger charge is -2.06. The lowest BCUT2D eigenvalue weighted by atomic mass is 10.00. The van der Waals surface area contributed by atoms with E-state index in [1.54, 1.807) is 6.20 Å². The van der Waals surface area contributed by atoms with E-state index < -0.39 is 0 Å². The minimum atomic E-state index is 0.448. The van der Waals surface area contributed by atoms with Gasteiger partial charge in [-0.2, -0.15) is 0 Å². The van der Waals surface area contributed by atoms with Gasteiger partial charge in [0, 0.05) is 28.1 Å². The molecule has 4 rings (SSSR count). The van der Waals surface area contributed by atoms with E-state index in [0.717, 1.165) is 32.9 Å². The van der Waals surface area contributed by atoms with Crippen molar-refractivity contribution in [2.24, 2.45) is 0 Å². The summed E-state index contributed by atoms with van der Waals surface area (Å²) in [5.74, 6) is 7.03. The molecular formula is C23H19N3. The number of rotatable bonds is 0. The average Bonchev–Trinajstić information content (AvgIpc) is 2.61. The fourth-order valence-corrected chi connectivity index (χ4v) is 3.44. The third-order valence-electron chi connectivity index (χ3n) is 4.57. The molecule has 0 amide bonds. The number of fused-ring (bicyclic) bond motifs is 3. The highest BCUT2D eigenvalue weighted by atomic mass is 14.9. The van der Waals surface area contributed by atoms with Crippen LogP contribution in [0.15, 0.2) is 48.7 Å². The quantitative estimate of drug-likeness (QED) is 0.374. The molecule has 4 aromatic rings. The maximum absolute atomic E-state index is 6.08. The predicted molar refractivity (Wildman–Crippen MR) is 108 cm³/mol. The van der Waals surface area contributed by atoms with Crippen LogP contribution in [0.5, 0.6) is 0 Å². The second-order valence-corrected chi connectivity index (χ2v) is 6.66. The second kappa shape index (κ2) is 6.16. The topological polar surface area (TPSA) is 51.8 Å². The fraction of sp³-hybridized carbons (Fsp3) is 0.130. The lowest BCUT2D eigenvalue weighted by molar-refractivity contribution is 1.30. The van der Waals surface area contributed by atoms with Crippen LogP contribution in [0.4, 0.5) is 5.82 Å². The fourth-order valence-electron chi connectivity index (χ4n) is 3.44. The molecule has 0 atom stereocenters. The van der Waals surface area contributed by atoms with E-state index in [-0.39, 0.29) is 0 Å². The van der Waals surface area contributed by atoms with Crippen LogP contribution in [-0.4, -0.2) is 9.97 Å². The van der Waals surface area contributed by atoms with Crippen molar-refractivity contribution in [1.82, 2.24) is 9.97 Å². The highest BCUT2D eigenvalue weighted by Gasteiger charge is 2.07. The Hall–Kier alpha value is -3.38. The van der Waals surface area contributed by atoms with Crippen molar-refractivity contribution < 1.29 is 0 Å². The van der Waals surface area contributed by atoms with Gasteiger partial charge in [-0.1, -0.05) is 47.7 Å². The predicted octanol–water partition coefficient (Wildman–Crippen LogP) is 4.69. The Morgan fingerprint density at radius 2 is 1.62 bits per heavy atom. The van der Waals surface area contributed by atoms with Crippen LogP contribution in [0, 0.1) is 32.6 Å². The Morgan fingerprint density at radius 1 is 0.885 bits per heavy atom. The van der Waals surface area contributed by atoms with E-state index in [1.807, 2.05) is 24.3 Å². The number of benzene rings is 2. The molecule has 26 heavy (non-hydrogen) atoms. The van der Waals surface area contributed by atoms with Crippen LogP contribution in [-0.2, 0) is 0 Å². The monoisotopic (exact) mass is 337 g/mol. The number of hydrogen-bond donors (Lipinski definition) is 1. The molecule has 0 aliphatic carbocycles. The van der Waals surface area contributed by atoms with Crippen molar-refractivity contribution in [3.8, 4) is 11.8 Å². The smallest absolute Gasteiger partial charge is 0.150 e. The van der Waals surface area contributed by atoms with E-state index in [4.69, 9.17) is 5.73 Å². The third kappa shape index (κ3) is 2.76. The molecule has 0 saturated carbocycles. The number of anilines is 1. The van der Waals surface area contributed by atoms with Crippen LogP contribution in [0.1, 0.15) is 27.8 Å². The Labute approximate surface area is 152 Å². The molecule has 2 aromatic heterocycles. The summed E-state index contributed by atoms with van der Waals surface area (Å²) >= 11 is 0. The standard InChI is InChI=1S/C23H19N3/c1-14-10-15(2)18(16(3)11-14)9-8-17-12-20-19-6-4-5-7-21(19)26-23(24)22(20)25-13-17/h4-7,10-13H,1-3H3,(H2,24,26). The van der Waals surface area contributed by atoms with Gasteiger partial charge in [0.15, 0.2) is 5.82 Å². The van der Waals surface area contributed by atoms with Gasteiger partial charge in [-0.25, -0.2) is 4.98 Å². The van der Waals surface area contributed by atoms with Crippen molar-refractivity contribution in [1.29, 1.82) is 0 Å². The highest BCUT2D eigenvalue weighted by Crippen LogP contribution is 2.26. The lowest BCUT2D eigenvalue weighted by Crippen LogP contribution is -1.96. The number of pyridine rings is 2. The summed E-state index contributed by atoms with van der Waals surface area (Å²) in [5.41, 5.74) is 13.3. The van der Waals surface area contributed by atoms with E-state index in [2.05, 4.69) is 60.8 Å². The molecule has 2 aromatic carbocycles. The van der Waals surface area contributed by atoms with Gasteiger partial charge >= 0.3 is 0 Å². The van der Waals surface area contributed by atoms with Gasteiger partial charge in [0.2, 0.25) is 0 Å². The average molecular weight is 337 g/mol. The Bertz CT molecular complexity index is 1200. The van der Waals surface area contributed by atoms with Crippen LogP contribution >= 0.6 is 0 Å². The zero-order valence-corrected chi connectivity index (χ0v) is 15.1. The molecule has 0 spiro atoms. The number of hydrogen-bond acceptors (Lipinski definition) is 3. The Kier molecular flexibility index (Phi) is 3.82. The zero-order valence-electron chi connectivity index (χ0n) is 15.1. The SMILES string of the molecule is Cc1cc(C)c(C#Cc2cnc3c(N)nc4ccccc4c3c2)c(C)c1. The first-order valence-electron chi connectivity index (χ1n) is 8.57.